The van der Waals surface area contributed by atoms with Crippen molar-refractivity contribution in [3.05, 3.63) is 49.1 Å². The summed E-state index contributed by atoms with van der Waals surface area (Å²) in [7, 11) is 2.30. The molecule has 33 heavy (non-hydrogen) atoms. The number of nitrogens with zero attached hydrogens (tertiary/aromatic N) is 5. The Morgan fingerprint density at radius 3 is 2.09 bits per heavy atom. The van der Waals surface area contributed by atoms with Crippen LogP contribution >= 0.6 is 0 Å². The van der Waals surface area contributed by atoms with Gasteiger partial charge < -0.3 is 15.1 Å². The van der Waals surface area contributed by atoms with Gasteiger partial charge in [0.05, 0.1) is 23.8 Å². The summed E-state index contributed by atoms with van der Waals surface area (Å²) >= 11 is 0. The van der Waals surface area contributed by atoms with Gasteiger partial charge in [0, 0.05) is 49.7 Å². The molecule has 4 aliphatic rings. The predicted molar refractivity (Wildman–Crippen MR) is 136 cm³/mol. The van der Waals surface area contributed by atoms with Crippen molar-refractivity contribution in [2.75, 3.05) is 56.1 Å². The molecule has 0 radical (unpaired) electrons. The number of piperidine rings is 2. The molecule has 178 valence electrons. The molecule has 0 amide bonds. The second kappa shape index (κ2) is 9.98. The number of anilines is 2. The van der Waals surface area contributed by atoms with Crippen LogP contribution in [0.15, 0.2) is 49.1 Å². The van der Waals surface area contributed by atoms with Gasteiger partial charge in [0.2, 0.25) is 0 Å². The molecule has 0 bridgehead atoms. The summed E-state index contributed by atoms with van der Waals surface area (Å²) in [6.07, 6.45) is 18.4. The molecule has 0 saturated carbocycles. The monoisotopic (exact) mass is 448 g/mol. The predicted octanol–water partition coefficient (Wildman–Crippen LogP) is 3.95. The lowest BCUT2D eigenvalue weighted by Crippen LogP contribution is -2.51. The van der Waals surface area contributed by atoms with Gasteiger partial charge in [0.25, 0.3) is 0 Å². The first-order chi connectivity index (χ1) is 16.2. The van der Waals surface area contributed by atoms with Crippen molar-refractivity contribution in [3.8, 4) is 0 Å². The highest BCUT2D eigenvalue weighted by molar-refractivity contribution is 5.46. The van der Waals surface area contributed by atoms with E-state index in [4.69, 9.17) is 0 Å². The number of likely N-dealkylation sites (N-methyl/N-ethyl adjacent to an activating group) is 1. The molecule has 2 aromatic rings. The first-order valence-corrected chi connectivity index (χ1v) is 12.9. The van der Waals surface area contributed by atoms with Crippen LogP contribution in [-0.2, 0) is 0 Å². The van der Waals surface area contributed by atoms with Crippen LogP contribution in [0.5, 0.6) is 0 Å². The van der Waals surface area contributed by atoms with Gasteiger partial charge in [-0.2, -0.15) is 0 Å². The minimum atomic E-state index is 0.397. The normalized spacial score (nSPS) is 30.0. The molecule has 6 heterocycles. The van der Waals surface area contributed by atoms with E-state index < -0.39 is 0 Å². The molecule has 2 aromatic heterocycles. The maximum Gasteiger partial charge on any atom is 0.0553 e. The van der Waals surface area contributed by atoms with Crippen LogP contribution in [0.3, 0.4) is 0 Å². The van der Waals surface area contributed by atoms with E-state index in [1.54, 1.807) is 0 Å². The summed E-state index contributed by atoms with van der Waals surface area (Å²) in [6.45, 7) is 7.13. The molecule has 6 rings (SSSR count). The minimum Gasteiger partial charge on any atom is -0.368 e. The Labute approximate surface area is 199 Å². The molecule has 1 N–H and O–H groups in total. The smallest absolute Gasteiger partial charge is 0.0553 e. The zero-order valence-electron chi connectivity index (χ0n) is 20.3. The zero-order chi connectivity index (χ0) is 22.6. The molecular formula is C27H40N6. The number of hydrogen-bond donors (Lipinski definition) is 1. The van der Waals surface area contributed by atoms with Crippen LogP contribution in [0, 0.1) is 0 Å². The standard InChI is InChI=1S/C14H21N3.C13H19N3/c1-16-9-3-2-6-14(16)7-10-17(12-14)13-5-4-8-15-11-13;1-2-8-15-13(5-1)6-9-16(11-13)12-4-3-7-14-10-12/h4-5,8,11H,2-3,6-7,9-10,12H2,1H3;3-4,7,10,15H,1-2,5-6,8-9,11H2. The third kappa shape index (κ3) is 5.02. The van der Waals surface area contributed by atoms with Gasteiger partial charge in [0.15, 0.2) is 0 Å². The molecule has 4 aliphatic heterocycles. The fourth-order valence-electron chi connectivity index (χ4n) is 6.38. The summed E-state index contributed by atoms with van der Waals surface area (Å²) < 4.78 is 0. The number of nitrogens with one attached hydrogen (secondary N) is 1. The fraction of sp³-hybridized carbons (Fsp3) is 0.630. The first kappa shape index (κ1) is 22.6. The highest BCUT2D eigenvalue weighted by Crippen LogP contribution is 2.37. The van der Waals surface area contributed by atoms with Crippen LogP contribution in [0.25, 0.3) is 0 Å². The Bertz CT molecular complexity index is 869. The lowest BCUT2D eigenvalue weighted by Gasteiger charge is -2.42. The van der Waals surface area contributed by atoms with E-state index in [9.17, 15) is 0 Å². The highest BCUT2D eigenvalue weighted by atomic mass is 15.3. The van der Waals surface area contributed by atoms with E-state index in [2.05, 4.69) is 49.2 Å². The van der Waals surface area contributed by atoms with Gasteiger partial charge in [-0.05, 0) is 82.9 Å². The Morgan fingerprint density at radius 2 is 1.45 bits per heavy atom. The molecule has 0 aliphatic carbocycles. The average molecular weight is 449 g/mol. The Balaban J connectivity index is 0.000000139. The number of hydrogen-bond acceptors (Lipinski definition) is 6. The molecule has 2 atom stereocenters. The number of rotatable bonds is 2. The van der Waals surface area contributed by atoms with Gasteiger partial charge in [0.1, 0.15) is 0 Å². The van der Waals surface area contributed by atoms with Crippen molar-refractivity contribution in [2.24, 2.45) is 0 Å². The van der Waals surface area contributed by atoms with Crippen molar-refractivity contribution < 1.29 is 0 Å². The Morgan fingerprint density at radius 1 is 0.758 bits per heavy atom. The van der Waals surface area contributed by atoms with E-state index in [0.717, 1.165) is 6.54 Å². The van der Waals surface area contributed by atoms with E-state index in [1.165, 1.54) is 95.5 Å². The fourth-order valence-corrected chi connectivity index (χ4v) is 6.38. The van der Waals surface area contributed by atoms with Crippen LogP contribution < -0.4 is 15.1 Å². The van der Waals surface area contributed by atoms with E-state index in [1.807, 2.05) is 36.9 Å². The molecular weight excluding hydrogens is 408 g/mol. The highest BCUT2D eigenvalue weighted by Gasteiger charge is 2.42. The van der Waals surface area contributed by atoms with E-state index in [-0.39, 0.29) is 0 Å². The van der Waals surface area contributed by atoms with Crippen LogP contribution in [0.4, 0.5) is 11.4 Å². The maximum absolute atomic E-state index is 4.23. The second-order valence-corrected chi connectivity index (χ2v) is 10.5. The number of pyridine rings is 2. The lowest BCUT2D eigenvalue weighted by atomic mass is 9.86. The zero-order valence-corrected chi connectivity index (χ0v) is 20.3. The van der Waals surface area contributed by atoms with Crippen molar-refractivity contribution in [1.29, 1.82) is 0 Å². The van der Waals surface area contributed by atoms with Gasteiger partial charge in [-0.15, -0.1) is 0 Å². The van der Waals surface area contributed by atoms with Crippen molar-refractivity contribution in [1.82, 2.24) is 20.2 Å². The van der Waals surface area contributed by atoms with Crippen LogP contribution in [0.1, 0.15) is 51.4 Å². The van der Waals surface area contributed by atoms with Crippen molar-refractivity contribution >= 4 is 11.4 Å². The number of likely N-dealkylation sites (tertiary alicyclic amines) is 1. The van der Waals surface area contributed by atoms with Gasteiger partial charge in [-0.3, -0.25) is 14.9 Å². The SMILES string of the molecule is CN1CCCCC12CCN(c1cccnc1)C2.c1cncc(N2CCC3(CCCCN3)C2)c1. The quantitative estimate of drug-likeness (QED) is 0.751. The third-order valence-corrected chi connectivity index (χ3v) is 8.49. The van der Waals surface area contributed by atoms with Crippen LogP contribution in [0.2, 0.25) is 0 Å². The summed E-state index contributed by atoms with van der Waals surface area (Å²) in [6, 6.07) is 8.39. The molecule has 2 unspecified atom stereocenters. The minimum absolute atomic E-state index is 0.397. The van der Waals surface area contributed by atoms with Gasteiger partial charge in [-0.1, -0.05) is 12.8 Å². The molecule has 6 nitrogen and oxygen atoms in total. The van der Waals surface area contributed by atoms with Crippen molar-refractivity contribution in [2.45, 2.75) is 62.4 Å². The summed E-state index contributed by atoms with van der Waals surface area (Å²) in [5.41, 5.74) is 3.39. The molecule has 6 heteroatoms. The molecule has 4 saturated heterocycles. The first-order valence-electron chi connectivity index (χ1n) is 12.9. The summed E-state index contributed by atoms with van der Waals surface area (Å²) in [4.78, 5) is 16.0. The third-order valence-electron chi connectivity index (χ3n) is 8.49. The molecule has 2 spiro atoms. The topological polar surface area (TPSA) is 47.5 Å². The van der Waals surface area contributed by atoms with Gasteiger partial charge >= 0.3 is 0 Å². The Hall–Kier alpha value is -2.18. The average Bonchev–Trinajstić information content (AvgIpc) is 3.49. The Kier molecular flexibility index (Phi) is 6.84. The van der Waals surface area contributed by atoms with E-state index in [0.29, 0.717) is 11.1 Å². The van der Waals surface area contributed by atoms with Crippen molar-refractivity contribution in [3.63, 3.8) is 0 Å². The molecule has 4 fully saturated rings. The van der Waals surface area contributed by atoms with E-state index >= 15 is 0 Å². The maximum atomic E-state index is 4.23. The lowest BCUT2D eigenvalue weighted by molar-refractivity contribution is 0.0928. The largest absolute Gasteiger partial charge is 0.368 e. The second-order valence-electron chi connectivity index (χ2n) is 10.5. The summed E-state index contributed by atoms with van der Waals surface area (Å²) in [5.74, 6) is 0. The number of aromatic nitrogens is 2. The molecule has 0 aromatic carbocycles. The summed E-state index contributed by atoms with van der Waals surface area (Å²) in [5, 5.41) is 3.73. The van der Waals surface area contributed by atoms with Gasteiger partial charge in [-0.25, -0.2) is 0 Å². The van der Waals surface area contributed by atoms with Crippen LogP contribution in [-0.4, -0.2) is 72.3 Å².